The van der Waals surface area contributed by atoms with Gasteiger partial charge in [-0.2, -0.15) is 0 Å². The molecular weight excluding hydrogens is 304 g/mol. The van der Waals surface area contributed by atoms with Crippen LogP contribution in [0.4, 0.5) is 0 Å². The number of rotatable bonds is 4. The number of nitrogens with one attached hydrogen (secondary N) is 1. The summed E-state index contributed by atoms with van der Waals surface area (Å²) in [6.45, 7) is 0.813. The Hall–Kier alpha value is -1.78. The SMILES string of the molecule is COc1ccc2[nH]c(=S)n(CCc3ccc(Cl)cc3)c2c1. The van der Waals surface area contributed by atoms with E-state index in [9.17, 15) is 0 Å². The summed E-state index contributed by atoms with van der Waals surface area (Å²) in [6, 6.07) is 13.8. The maximum Gasteiger partial charge on any atom is 0.178 e. The summed E-state index contributed by atoms with van der Waals surface area (Å²) < 4.78 is 8.11. The minimum Gasteiger partial charge on any atom is -0.497 e. The standard InChI is InChI=1S/C16H15ClN2OS/c1-20-13-6-7-14-15(10-13)19(16(21)18-14)9-8-11-2-4-12(17)5-3-11/h2-7,10H,8-9H2,1H3,(H,18,21). The maximum atomic E-state index is 5.91. The number of imidazole rings is 1. The van der Waals surface area contributed by atoms with Crippen LogP contribution in [0.3, 0.4) is 0 Å². The number of nitrogens with zero attached hydrogens (tertiary/aromatic N) is 1. The van der Waals surface area contributed by atoms with Crippen molar-refractivity contribution < 1.29 is 4.74 Å². The van der Waals surface area contributed by atoms with Crippen LogP contribution >= 0.6 is 23.8 Å². The van der Waals surface area contributed by atoms with E-state index in [4.69, 9.17) is 28.6 Å². The lowest BCUT2D eigenvalue weighted by Gasteiger charge is -2.06. The van der Waals surface area contributed by atoms with E-state index in [0.717, 1.165) is 39.5 Å². The average molecular weight is 319 g/mol. The monoisotopic (exact) mass is 318 g/mol. The number of aryl methyl sites for hydroxylation is 2. The lowest BCUT2D eigenvalue weighted by atomic mass is 10.1. The molecule has 0 radical (unpaired) electrons. The topological polar surface area (TPSA) is 29.9 Å². The molecule has 0 saturated heterocycles. The second kappa shape index (κ2) is 5.92. The van der Waals surface area contributed by atoms with Gasteiger partial charge in [-0.15, -0.1) is 0 Å². The number of aromatic nitrogens is 2. The van der Waals surface area contributed by atoms with Crippen molar-refractivity contribution >= 4 is 34.9 Å². The number of ether oxygens (including phenoxy) is 1. The van der Waals surface area contributed by atoms with E-state index in [1.807, 2.05) is 42.5 Å². The molecule has 0 spiro atoms. The third kappa shape index (κ3) is 2.96. The number of H-pyrrole nitrogens is 1. The number of aromatic amines is 1. The van der Waals surface area contributed by atoms with Crippen molar-refractivity contribution in [3.05, 3.63) is 57.8 Å². The molecule has 2 aromatic carbocycles. The van der Waals surface area contributed by atoms with Crippen LogP contribution in [-0.4, -0.2) is 16.7 Å². The molecule has 3 nitrogen and oxygen atoms in total. The molecule has 0 bridgehead atoms. The van der Waals surface area contributed by atoms with Crippen molar-refractivity contribution in [3.8, 4) is 5.75 Å². The summed E-state index contributed by atoms with van der Waals surface area (Å²) >= 11 is 11.3. The maximum absolute atomic E-state index is 5.91. The number of halogens is 1. The van der Waals surface area contributed by atoms with Crippen LogP contribution in [-0.2, 0) is 13.0 Å². The van der Waals surface area contributed by atoms with Gasteiger partial charge in [-0.1, -0.05) is 23.7 Å². The van der Waals surface area contributed by atoms with E-state index in [-0.39, 0.29) is 0 Å². The first-order valence-electron chi connectivity index (χ1n) is 6.68. The zero-order valence-electron chi connectivity index (χ0n) is 11.6. The number of hydrogen-bond donors (Lipinski definition) is 1. The Morgan fingerprint density at radius 1 is 1.19 bits per heavy atom. The van der Waals surface area contributed by atoms with E-state index < -0.39 is 0 Å². The summed E-state index contributed by atoms with van der Waals surface area (Å²) in [7, 11) is 1.67. The lowest BCUT2D eigenvalue weighted by Crippen LogP contribution is -2.01. The number of fused-ring (bicyclic) bond motifs is 1. The summed E-state index contributed by atoms with van der Waals surface area (Å²) in [5.41, 5.74) is 3.32. The molecule has 3 rings (SSSR count). The first-order valence-corrected chi connectivity index (χ1v) is 7.47. The molecule has 1 aromatic heterocycles. The Morgan fingerprint density at radius 3 is 2.67 bits per heavy atom. The molecule has 0 saturated carbocycles. The predicted molar refractivity (Wildman–Crippen MR) is 88.8 cm³/mol. The van der Waals surface area contributed by atoms with Crippen molar-refractivity contribution in [2.24, 2.45) is 0 Å². The van der Waals surface area contributed by atoms with Crippen molar-refractivity contribution in [2.45, 2.75) is 13.0 Å². The summed E-state index contributed by atoms with van der Waals surface area (Å²) in [5.74, 6) is 0.830. The summed E-state index contributed by atoms with van der Waals surface area (Å²) in [6.07, 6.45) is 0.898. The van der Waals surface area contributed by atoms with Gasteiger partial charge in [0.2, 0.25) is 0 Å². The van der Waals surface area contributed by atoms with E-state index in [0.29, 0.717) is 0 Å². The van der Waals surface area contributed by atoms with Gasteiger partial charge in [-0.05, 0) is 48.5 Å². The van der Waals surface area contributed by atoms with Crippen molar-refractivity contribution in [1.82, 2.24) is 9.55 Å². The normalized spacial score (nSPS) is 11.0. The largest absolute Gasteiger partial charge is 0.497 e. The Morgan fingerprint density at radius 2 is 1.95 bits per heavy atom. The third-order valence-corrected chi connectivity index (χ3v) is 4.09. The molecule has 3 aromatic rings. The van der Waals surface area contributed by atoms with Crippen molar-refractivity contribution in [3.63, 3.8) is 0 Å². The lowest BCUT2D eigenvalue weighted by molar-refractivity contribution is 0.415. The van der Waals surface area contributed by atoms with Crippen LogP contribution in [0.5, 0.6) is 5.75 Å². The fourth-order valence-electron chi connectivity index (χ4n) is 2.37. The molecule has 0 unspecified atom stereocenters. The van der Waals surface area contributed by atoms with Gasteiger partial charge in [-0.25, -0.2) is 0 Å². The van der Waals surface area contributed by atoms with Gasteiger partial charge in [0.05, 0.1) is 18.1 Å². The highest BCUT2D eigenvalue weighted by Crippen LogP contribution is 2.21. The highest BCUT2D eigenvalue weighted by molar-refractivity contribution is 7.71. The molecule has 1 N–H and O–H groups in total. The first kappa shape index (κ1) is 14.2. The smallest absolute Gasteiger partial charge is 0.178 e. The predicted octanol–water partition coefficient (Wildman–Crippen LogP) is 4.60. The second-order valence-corrected chi connectivity index (χ2v) is 5.66. The molecule has 0 aliphatic heterocycles. The van der Waals surface area contributed by atoms with Crippen molar-refractivity contribution in [2.75, 3.05) is 7.11 Å². The molecular formula is C16H15ClN2OS. The Labute approximate surface area is 133 Å². The highest BCUT2D eigenvalue weighted by Gasteiger charge is 2.06. The van der Waals surface area contributed by atoms with Gasteiger partial charge < -0.3 is 14.3 Å². The fourth-order valence-corrected chi connectivity index (χ4v) is 2.80. The first-order chi connectivity index (χ1) is 10.2. The van der Waals surface area contributed by atoms with E-state index >= 15 is 0 Å². The average Bonchev–Trinajstić information content (AvgIpc) is 2.81. The Kier molecular flexibility index (Phi) is 3.99. The second-order valence-electron chi connectivity index (χ2n) is 4.84. The van der Waals surface area contributed by atoms with E-state index in [1.54, 1.807) is 7.11 Å². The van der Waals surface area contributed by atoms with Crippen LogP contribution in [0.1, 0.15) is 5.56 Å². The fraction of sp³-hybridized carbons (Fsp3) is 0.188. The van der Waals surface area contributed by atoms with Crippen molar-refractivity contribution in [1.29, 1.82) is 0 Å². The molecule has 0 atom stereocenters. The molecule has 108 valence electrons. The quantitative estimate of drug-likeness (QED) is 0.712. The highest BCUT2D eigenvalue weighted by atomic mass is 35.5. The summed E-state index contributed by atoms with van der Waals surface area (Å²) in [4.78, 5) is 3.22. The van der Waals surface area contributed by atoms with E-state index in [2.05, 4.69) is 9.55 Å². The van der Waals surface area contributed by atoms with Gasteiger partial charge >= 0.3 is 0 Å². The minimum absolute atomic E-state index is 0.729. The molecule has 0 fully saturated rings. The molecule has 0 aliphatic rings. The van der Waals surface area contributed by atoms with Gasteiger partial charge in [0.15, 0.2) is 4.77 Å². The third-order valence-electron chi connectivity index (χ3n) is 3.52. The zero-order valence-corrected chi connectivity index (χ0v) is 13.2. The molecule has 21 heavy (non-hydrogen) atoms. The molecule has 1 heterocycles. The van der Waals surface area contributed by atoms with Gasteiger partial charge in [0.25, 0.3) is 0 Å². The Balaban J connectivity index is 1.90. The van der Waals surface area contributed by atoms with Crippen LogP contribution in [0.2, 0.25) is 5.02 Å². The number of methoxy groups -OCH3 is 1. The van der Waals surface area contributed by atoms with E-state index in [1.165, 1.54) is 5.56 Å². The Bertz CT molecular complexity index is 820. The number of benzene rings is 2. The van der Waals surface area contributed by atoms with Gasteiger partial charge in [0.1, 0.15) is 5.75 Å². The van der Waals surface area contributed by atoms with Crippen LogP contribution < -0.4 is 4.74 Å². The van der Waals surface area contributed by atoms with Crippen LogP contribution in [0.25, 0.3) is 11.0 Å². The van der Waals surface area contributed by atoms with Crippen LogP contribution in [0.15, 0.2) is 42.5 Å². The summed E-state index contributed by atoms with van der Waals surface area (Å²) in [5, 5.41) is 0.757. The van der Waals surface area contributed by atoms with Crippen LogP contribution in [0, 0.1) is 4.77 Å². The number of hydrogen-bond acceptors (Lipinski definition) is 2. The van der Waals surface area contributed by atoms with Gasteiger partial charge in [-0.3, -0.25) is 0 Å². The minimum atomic E-state index is 0.729. The molecule has 0 amide bonds. The van der Waals surface area contributed by atoms with Gasteiger partial charge in [0, 0.05) is 17.6 Å². The zero-order chi connectivity index (χ0) is 14.8. The molecule has 5 heteroatoms. The molecule has 0 aliphatic carbocycles.